The molecule has 2 atom stereocenters. The van der Waals surface area contributed by atoms with E-state index in [-0.39, 0.29) is 12.1 Å². The maximum Gasteiger partial charge on any atom is 0.306 e. The Bertz CT molecular complexity index is 196. The van der Waals surface area contributed by atoms with Gasteiger partial charge in [0.05, 0.1) is 6.10 Å². The molecule has 0 spiro atoms. The van der Waals surface area contributed by atoms with E-state index in [1.165, 1.54) is 0 Å². The third-order valence-corrected chi connectivity index (χ3v) is 1.98. The number of ether oxygens (including phenoxy) is 1. The quantitative estimate of drug-likeness (QED) is 0.521. The summed E-state index contributed by atoms with van der Waals surface area (Å²) in [6.07, 6.45) is 5.91. The van der Waals surface area contributed by atoms with E-state index in [0.29, 0.717) is 12.8 Å². The predicted octanol–water partition coefficient (Wildman–Crippen LogP) is 1.41. The lowest BCUT2D eigenvalue weighted by atomic mass is 10.1. The molecule has 1 heterocycles. The molecule has 0 radical (unpaired) electrons. The van der Waals surface area contributed by atoms with Gasteiger partial charge in [0.15, 0.2) is 0 Å². The molecule has 0 aromatic carbocycles. The van der Waals surface area contributed by atoms with Gasteiger partial charge in [0.2, 0.25) is 0 Å². The van der Waals surface area contributed by atoms with Gasteiger partial charge in [-0.05, 0) is 13.3 Å². The van der Waals surface area contributed by atoms with E-state index in [1.807, 2.05) is 12.2 Å². The molecule has 0 saturated carbocycles. The van der Waals surface area contributed by atoms with Crippen molar-refractivity contribution in [2.75, 3.05) is 0 Å². The van der Waals surface area contributed by atoms with Crippen LogP contribution in [-0.4, -0.2) is 23.3 Å². The van der Waals surface area contributed by atoms with Gasteiger partial charge >= 0.3 is 5.97 Å². The lowest BCUT2D eigenvalue weighted by molar-refractivity contribution is -0.150. The molecule has 0 saturated heterocycles. The Morgan fingerprint density at radius 2 is 2.46 bits per heavy atom. The first kappa shape index (κ1) is 10.3. The molecule has 74 valence electrons. The molecule has 1 aliphatic rings. The van der Waals surface area contributed by atoms with Crippen LogP contribution < -0.4 is 0 Å². The standard InChI is InChI=1S/C10H16O3/c1-8(11)7-9-5-3-2-4-6-10(12)13-9/h2-3,8-9,11H,4-7H2,1H3/b3-2-/t8-,9-/m0/s1. The van der Waals surface area contributed by atoms with Gasteiger partial charge in [-0.25, -0.2) is 0 Å². The SMILES string of the molecule is C[C@H](O)C[C@@H]1C/C=C\CCC(=O)O1. The Hall–Kier alpha value is -0.830. The Labute approximate surface area is 78.4 Å². The highest BCUT2D eigenvalue weighted by Crippen LogP contribution is 2.13. The molecular formula is C10H16O3. The average molecular weight is 184 g/mol. The Kier molecular flexibility index (Phi) is 3.96. The number of allylic oxidation sites excluding steroid dienone is 1. The molecular weight excluding hydrogens is 168 g/mol. The molecule has 0 fully saturated rings. The van der Waals surface area contributed by atoms with Crippen LogP contribution in [0.4, 0.5) is 0 Å². The Balaban J connectivity index is 2.46. The van der Waals surface area contributed by atoms with Crippen molar-refractivity contribution in [1.29, 1.82) is 0 Å². The molecule has 0 amide bonds. The molecule has 1 rings (SSSR count). The van der Waals surface area contributed by atoms with Crippen LogP contribution in [0.2, 0.25) is 0 Å². The molecule has 0 unspecified atom stereocenters. The lowest BCUT2D eigenvalue weighted by Crippen LogP contribution is -2.22. The average Bonchev–Trinajstić information content (AvgIpc) is 1.98. The number of cyclic esters (lactones) is 1. The van der Waals surface area contributed by atoms with Crippen molar-refractivity contribution in [2.24, 2.45) is 0 Å². The second-order valence-corrected chi connectivity index (χ2v) is 3.44. The van der Waals surface area contributed by atoms with Crippen molar-refractivity contribution < 1.29 is 14.6 Å². The van der Waals surface area contributed by atoms with Gasteiger partial charge in [-0.15, -0.1) is 0 Å². The van der Waals surface area contributed by atoms with E-state index in [4.69, 9.17) is 9.84 Å². The summed E-state index contributed by atoms with van der Waals surface area (Å²) in [6.45, 7) is 1.70. The third-order valence-electron chi connectivity index (χ3n) is 1.98. The smallest absolute Gasteiger partial charge is 0.306 e. The van der Waals surface area contributed by atoms with E-state index >= 15 is 0 Å². The molecule has 3 nitrogen and oxygen atoms in total. The number of carbonyl (C=O) groups is 1. The van der Waals surface area contributed by atoms with Crippen LogP contribution in [0.1, 0.15) is 32.6 Å². The first-order valence-corrected chi connectivity index (χ1v) is 4.71. The van der Waals surface area contributed by atoms with E-state index in [0.717, 1.165) is 12.8 Å². The molecule has 1 N–H and O–H groups in total. The first-order chi connectivity index (χ1) is 6.18. The van der Waals surface area contributed by atoms with E-state index < -0.39 is 6.10 Å². The van der Waals surface area contributed by atoms with E-state index in [2.05, 4.69) is 0 Å². The summed E-state index contributed by atoms with van der Waals surface area (Å²) < 4.78 is 5.15. The van der Waals surface area contributed by atoms with Gasteiger partial charge in [-0.2, -0.15) is 0 Å². The summed E-state index contributed by atoms with van der Waals surface area (Å²) in [5.41, 5.74) is 0. The van der Waals surface area contributed by atoms with Gasteiger partial charge in [0, 0.05) is 19.3 Å². The molecule has 0 aromatic rings. The third kappa shape index (κ3) is 4.08. The normalized spacial score (nSPS) is 28.5. The minimum absolute atomic E-state index is 0.149. The highest BCUT2D eigenvalue weighted by atomic mass is 16.5. The monoisotopic (exact) mass is 184 g/mol. The van der Waals surface area contributed by atoms with Gasteiger partial charge < -0.3 is 9.84 Å². The maximum atomic E-state index is 11.1. The topological polar surface area (TPSA) is 46.5 Å². The Morgan fingerprint density at radius 1 is 1.69 bits per heavy atom. The maximum absolute atomic E-state index is 11.1. The number of carbonyl (C=O) groups excluding carboxylic acids is 1. The van der Waals surface area contributed by atoms with Crippen molar-refractivity contribution in [2.45, 2.75) is 44.8 Å². The summed E-state index contributed by atoms with van der Waals surface area (Å²) >= 11 is 0. The van der Waals surface area contributed by atoms with Gasteiger partial charge in [0.25, 0.3) is 0 Å². The zero-order valence-electron chi connectivity index (χ0n) is 7.90. The van der Waals surface area contributed by atoms with Crippen LogP contribution in [-0.2, 0) is 9.53 Å². The van der Waals surface area contributed by atoms with Crippen LogP contribution in [0.25, 0.3) is 0 Å². The van der Waals surface area contributed by atoms with Crippen LogP contribution in [0.5, 0.6) is 0 Å². The zero-order chi connectivity index (χ0) is 9.68. The van der Waals surface area contributed by atoms with Crippen molar-refractivity contribution >= 4 is 5.97 Å². The molecule has 0 bridgehead atoms. The summed E-state index contributed by atoms with van der Waals surface area (Å²) in [7, 11) is 0. The largest absolute Gasteiger partial charge is 0.462 e. The molecule has 1 aliphatic heterocycles. The van der Waals surface area contributed by atoms with Crippen molar-refractivity contribution in [3.05, 3.63) is 12.2 Å². The second kappa shape index (κ2) is 5.02. The van der Waals surface area contributed by atoms with Crippen molar-refractivity contribution in [1.82, 2.24) is 0 Å². The van der Waals surface area contributed by atoms with Gasteiger partial charge in [-0.1, -0.05) is 12.2 Å². The van der Waals surface area contributed by atoms with Crippen LogP contribution in [0.15, 0.2) is 12.2 Å². The highest BCUT2D eigenvalue weighted by molar-refractivity contribution is 5.69. The number of hydrogen-bond acceptors (Lipinski definition) is 3. The number of hydrogen-bond donors (Lipinski definition) is 1. The molecule has 3 heteroatoms. The summed E-state index contributed by atoms with van der Waals surface area (Å²) in [5.74, 6) is -0.157. The van der Waals surface area contributed by atoms with Gasteiger partial charge in [0.1, 0.15) is 6.10 Å². The van der Waals surface area contributed by atoms with Crippen molar-refractivity contribution in [3.63, 3.8) is 0 Å². The van der Waals surface area contributed by atoms with Crippen LogP contribution >= 0.6 is 0 Å². The van der Waals surface area contributed by atoms with Crippen LogP contribution in [0, 0.1) is 0 Å². The minimum Gasteiger partial charge on any atom is -0.462 e. The fourth-order valence-electron chi connectivity index (χ4n) is 1.38. The number of rotatable bonds is 2. The van der Waals surface area contributed by atoms with Crippen LogP contribution in [0.3, 0.4) is 0 Å². The fraction of sp³-hybridized carbons (Fsp3) is 0.700. The number of aliphatic hydroxyl groups excluding tert-OH is 1. The summed E-state index contributed by atoms with van der Waals surface area (Å²) in [4.78, 5) is 11.1. The highest BCUT2D eigenvalue weighted by Gasteiger charge is 2.16. The first-order valence-electron chi connectivity index (χ1n) is 4.71. The van der Waals surface area contributed by atoms with Crippen molar-refractivity contribution in [3.8, 4) is 0 Å². The summed E-state index contributed by atoms with van der Waals surface area (Å²) in [5, 5.41) is 9.14. The lowest BCUT2D eigenvalue weighted by Gasteiger charge is -2.19. The molecule has 0 aromatic heterocycles. The molecule has 13 heavy (non-hydrogen) atoms. The predicted molar refractivity (Wildman–Crippen MR) is 49.2 cm³/mol. The minimum atomic E-state index is -0.411. The summed E-state index contributed by atoms with van der Waals surface area (Å²) in [6, 6.07) is 0. The van der Waals surface area contributed by atoms with E-state index in [9.17, 15) is 4.79 Å². The van der Waals surface area contributed by atoms with Gasteiger partial charge in [-0.3, -0.25) is 4.79 Å². The fourth-order valence-corrected chi connectivity index (χ4v) is 1.38. The zero-order valence-corrected chi connectivity index (χ0v) is 7.90. The number of esters is 1. The van der Waals surface area contributed by atoms with E-state index in [1.54, 1.807) is 6.92 Å². The second-order valence-electron chi connectivity index (χ2n) is 3.44. The number of aliphatic hydroxyl groups is 1. The Morgan fingerprint density at radius 3 is 3.15 bits per heavy atom. The molecule has 0 aliphatic carbocycles.